The van der Waals surface area contributed by atoms with Crippen LogP contribution in [0, 0.1) is 20.8 Å². The second kappa shape index (κ2) is 7.81. The minimum absolute atomic E-state index is 0.102. The standard InChI is InChI=1S/C20H27N2O3P/c1-14-11-17(6-8-20(14)23)12-18(26(24)10-4-9-25-26)13-21-19-7-5-15(2)22-16(19)3/h5-8,11,18,21,23H,4,9-10,12-13H2,1-3H3. The molecule has 26 heavy (non-hydrogen) atoms. The summed E-state index contributed by atoms with van der Waals surface area (Å²) in [6.07, 6.45) is 2.15. The molecule has 1 fully saturated rings. The van der Waals surface area contributed by atoms with E-state index in [2.05, 4.69) is 10.3 Å². The maximum absolute atomic E-state index is 13.3. The van der Waals surface area contributed by atoms with Crippen LogP contribution in [0.3, 0.4) is 0 Å². The molecule has 3 rings (SSSR count). The molecule has 2 aromatic rings. The van der Waals surface area contributed by atoms with Crippen molar-refractivity contribution in [2.75, 3.05) is 24.6 Å². The van der Waals surface area contributed by atoms with Crippen LogP contribution in [0.4, 0.5) is 5.69 Å². The maximum Gasteiger partial charge on any atom is 0.208 e. The first-order valence-corrected chi connectivity index (χ1v) is 11.0. The van der Waals surface area contributed by atoms with Crippen molar-refractivity contribution >= 4 is 13.1 Å². The third-order valence-corrected chi connectivity index (χ3v) is 8.00. The van der Waals surface area contributed by atoms with Crippen molar-refractivity contribution in [1.29, 1.82) is 0 Å². The summed E-state index contributed by atoms with van der Waals surface area (Å²) in [5.41, 5.74) is 4.68. The van der Waals surface area contributed by atoms with Crippen molar-refractivity contribution in [2.24, 2.45) is 0 Å². The molecular formula is C20H27N2O3P. The zero-order valence-electron chi connectivity index (χ0n) is 15.7. The Morgan fingerprint density at radius 2 is 2.08 bits per heavy atom. The number of aromatic nitrogens is 1. The van der Waals surface area contributed by atoms with Gasteiger partial charge in [-0.1, -0.05) is 12.1 Å². The Morgan fingerprint density at radius 1 is 1.27 bits per heavy atom. The molecule has 0 aliphatic carbocycles. The number of phenols is 1. The summed E-state index contributed by atoms with van der Waals surface area (Å²) in [7, 11) is -2.68. The Kier molecular flexibility index (Phi) is 5.69. The molecule has 1 aromatic carbocycles. The summed E-state index contributed by atoms with van der Waals surface area (Å²) >= 11 is 0. The van der Waals surface area contributed by atoms with E-state index < -0.39 is 7.37 Å². The Labute approximate surface area is 155 Å². The molecule has 1 aromatic heterocycles. The molecule has 0 spiro atoms. The smallest absolute Gasteiger partial charge is 0.208 e. The van der Waals surface area contributed by atoms with Crippen LogP contribution in [0.25, 0.3) is 0 Å². The first kappa shape index (κ1) is 18.9. The van der Waals surface area contributed by atoms with Crippen LogP contribution in [-0.2, 0) is 15.5 Å². The molecule has 0 bridgehead atoms. The molecule has 5 nitrogen and oxygen atoms in total. The molecule has 0 radical (unpaired) electrons. The molecule has 2 unspecified atom stereocenters. The highest BCUT2D eigenvalue weighted by Crippen LogP contribution is 2.57. The van der Waals surface area contributed by atoms with Gasteiger partial charge in [0, 0.05) is 18.4 Å². The topological polar surface area (TPSA) is 71.5 Å². The third kappa shape index (κ3) is 4.28. The van der Waals surface area contributed by atoms with Crippen molar-refractivity contribution in [1.82, 2.24) is 4.98 Å². The quantitative estimate of drug-likeness (QED) is 0.732. The van der Waals surface area contributed by atoms with Crippen molar-refractivity contribution in [3.8, 4) is 5.75 Å². The highest BCUT2D eigenvalue weighted by Gasteiger charge is 2.37. The number of nitrogens with one attached hydrogen (secondary N) is 1. The predicted octanol–water partition coefficient (Wildman–Crippen LogP) is 4.43. The number of phenolic OH excluding ortho intramolecular Hbond substituents is 1. The van der Waals surface area contributed by atoms with Gasteiger partial charge in [0.25, 0.3) is 0 Å². The van der Waals surface area contributed by atoms with Crippen molar-refractivity contribution in [3.63, 3.8) is 0 Å². The van der Waals surface area contributed by atoms with Gasteiger partial charge in [-0.3, -0.25) is 9.55 Å². The van der Waals surface area contributed by atoms with Crippen LogP contribution in [0.15, 0.2) is 30.3 Å². The van der Waals surface area contributed by atoms with Crippen LogP contribution in [0.2, 0.25) is 0 Å². The lowest BCUT2D eigenvalue weighted by Crippen LogP contribution is -2.24. The maximum atomic E-state index is 13.3. The van der Waals surface area contributed by atoms with E-state index in [4.69, 9.17) is 4.52 Å². The zero-order chi connectivity index (χ0) is 18.7. The molecular weight excluding hydrogens is 347 g/mol. The third-order valence-electron chi connectivity index (χ3n) is 4.97. The van der Waals surface area contributed by atoms with Crippen molar-refractivity contribution < 1.29 is 14.2 Å². The lowest BCUT2D eigenvalue weighted by Gasteiger charge is -2.25. The Morgan fingerprint density at radius 3 is 2.73 bits per heavy atom. The van der Waals surface area contributed by atoms with E-state index >= 15 is 0 Å². The van der Waals surface area contributed by atoms with E-state index in [0.717, 1.165) is 34.6 Å². The number of rotatable bonds is 6. The highest BCUT2D eigenvalue weighted by atomic mass is 31.2. The Hall–Kier alpha value is -1.84. The van der Waals surface area contributed by atoms with E-state index in [9.17, 15) is 9.67 Å². The van der Waals surface area contributed by atoms with Gasteiger partial charge in [0.05, 0.1) is 23.6 Å². The summed E-state index contributed by atoms with van der Waals surface area (Å²) in [6, 6.07) is 9.56. The first-order valence-electron chi connectivity index (χ1n) is 9.07. The van der Waals surface area contributed by atoms with E-state index in [-0.39, 0.29) is 11.4 Å². The second-order valence-electron chi connectivity index (χ2n) is 7.08. The molecule has 0 saturated carbocycles. The molecule has 140 valence electrons. The van der Waals surface area contributed by atoms with Gasteiger partial charge in [-0.15, -0.1) is 0 Å². The molecule has 1 saturated heterocycles. The van der Waals surface area contributed by atoms with Crippen LogP contribution in [0.1, 0.15) is 28.9 Å². The van der Waals surface area contributed by atoms with Gasteiger partial charge in [0.1, 0.15) is 5.75 Å². The van der Waals surface area contributed by atoms with Gasteiger partial charge in [-0.2, -0.15) is 0 Å². The van der Waals surface area contributed by atoms with Gasteiger partial charge in [0.15, 0.2) is 0 Å². The van der Waals surface area contributed by atoms with Gasteiger partial charge >= 0.3 is 0 Å². The fourth-order valence-corrected chi connectivity index (χ4v) is 6.00. The van der Waals surface area contributed by atoms with Crippen LogP contribution in [0.5, 0.6) is 5.75 Å². The molecule has 2 N–H and O–H groups in total. The Bertz CT molecular complexity index is 828. The fourth-order valence-electron chi connectivity index (χ4n) is 3.42. The first-order chi connectivity index (χ1) is 12.4. The van der Waals surface area contributed by atoms with Crippen LogP contribution < -0.4 is 5.32 Å². The van der Waals surface area contributed by atoms with Crippen molar-refractivity contribution in [2.45, 2.75) is 39.3 Å². The lowest BCUT2D eigenvalue weighted by molar-refractivity contribution is 0.343. The minimum Gasteiger partial charge on any atom is -0.508 e. The zero-order valence-corrected chi connectivity index (χ0v) is 16.6. The van der Waals surface area contributed by atoms with Gasteiger partial charge < -0.3 is 14.9 Å². The number of hydrogen-bond donors (Lipinski definition) is 2. The normalized spacial score (nSPS) is 20.9. The summed E-state index contributed by atoms with van der Waals surface area (Å²) < 4.78 is 19.0. The molecule has 0 amide bonds. The molecule has 1 aliphatic heterocycles. The monoisotopic (exact) mass is 374 g/mol. The minimum atomic E-state index is -2.68. The van der Waals surface area contributed by atoms with Crippen LogP contribution >= 0.6 is 7.37 Å². The summed E-state index contributed by atoms with van der Waals surface area (Å²) in [5.74, 6) is 0.286. The average Bonchev–Trinajstić information content (AvgIpc) is 3.04. The largest absolute Gasteiger partial charge is 0.508 e. The molecule has 6 heteroatoms. The number of aryl methyl sites for hydroxylation is 3. The van der Waals surface area contributed by atoms with Crippen molar-refractivity contribution in [3.05, 3.63) is 52.8 Å². The SMILES string of the molecule is Cc1ccc(NCC(Cc2ccc(O)c(C)c2)P2(=O)CCCO2)c(C)n1. The number of hydrogen-bond acceptors (Lipinski definition) is 5. The summed E-state index contributed by atoms with van der Waals surface area (Å²) in [4.78, 5) is 4.48. The number of pyridine rings is 1. The van der Waals surface area contributed by atoms with Gasteiger partial charge in [0.2, 0.25) is 7.37 Å². The second-order valence-corrected chi connectivity index (χ2v) is 9.97. The molecule has 2 atom stereocenters. The van der Waals surface area contributed by atoms with Gasteiger partial charge in [-0.05, 0) is 62.9 Å². The average molecular weight is 374 g/mol. The Balaban J connectivity index is 1.79. The number of benzene rings is 1. The number of nitrogens with zero attached hydrogens (tertiary/aromatic N) is 1. The molecule has 1 aliphatic rings. The molecule has 2 heterocycles. The predicted molar refractivity (Wildman–Crippen MR) is 106 cm³/mol. The lowest BCUT2D eigenvalue weighted by atomic mass is 10.1. The van der Waals surface area contributed by atoms with E-state index in [1.807, 2.05) is 45.0 Å². The van der Waals surface area contributed by atoms with E-state index in [1.165, 1.54) is 0 Å². The number of aromatic hydroxyl groups is 1. The number of anilines is 1. The highest BCUT2D eigenvalue weighted by molar-refractivity contribution is 7.60. The summed E-state index contributed by atoms with van der Waals surface area (Å²) in [6.45, 7) is 6.97. The van der Waals surface area contributed by atoms with E-state index in [0.29, 0.717) is 25.7 Å². The van der Waals surface area contributed by atoms with Crippen LogP contribution in [-0.4, -0.2) is 35.1 Å². The van der Waals surface area contributed by atoms with E-state index in [1.54, 1.807) is 6.07 Å². The summed E-state index contributed by atoms with van der Waals surface area (Å²) in [5, 5.41) is 13.2. The fraction of sp³-hybridized carbons (Fsp3) is 0.450. The van der Waals surface area contributed by atoms with Gasteiger partial charge in [-0.25, -0.2) is 0 Å².